The van der Waals surface area contributed by atoms with Crippen LogP contribution < -0.4 is 10.7 Å². The second-order valence-corrected chi connectivity index (χ2v) is 8.15. The summed E-state index contributed by atoms with van der Waals surface area (Å²) in [4.78, 5) is 38.1. The number of amides is 1. The molecule has 2 aromatic rings. The predicted octanol–water partition coefficient (Wildman–Crippen LogP) is 4.72. The number of phenols is 1. The van der Waals surface area contributed by atoms with E-state index in [4.69, 9.17) is 9.95 Å². The number of carboxylic acid groups (broad SMARTS) is 1. The van der Waals surface area contributed by atoms with Gasteiger partial charge in [-0.05, 0) is 59.8 Å². The van der Waals surface area contributed by atoms with Gasteiger partial charge in [0.05, 0.1) is 5.56 Å². The third-order valence-electron chi connectivity index (χ3n) is 5.75. The maximum absolute atomic E-state index is 12.2. The highest BCUT2D eigenvalue weighted by atomic mass is 16.4. The van der Waals surface area contributed by atoms with Gasteiger partial charge in [0.2, 0.25) is 5.91 Å². The van der Waals surface area contributed by atoms with Crippen LogP contribution in [0.5, 0.6) is 5.75 Å². The molecule has 182 valence electrons. The number of nitrogens with one attached hydrogen (secondary N) is 1. The standard InChI is InChI=1S/C26H22N4O6/c27-30-29-11-1-10-28-24(33)9-6-17-12-20-23(14-21(17)32)36-22-13-18(31)7-8-19(22)25(20)15-2-4-16(5-3-15)26(34)35/h2-5,7-8,12-14,32H,1,6,9-11H2,(H,28,33)(H,34,35). The lowest BCUT2D eigenvalue weighted by molar-refractivity contribution is -0.121. The Morgan fingerprint density at radius 1 is 1.08 bits per heavy atom. The molecule has 3 N–H and O–H groups in total. The number of benzene rings is 3. The highest BCUT2D eigenvalue weighted by Crippen LogP contribution is 2.41. The van der Waals surface area contributed by atoms with Crippen molar-refractivity contribution in [3.63, 3.8) is 0 Å². The lowest BCUT2D eigenvalue weighted by Crippen LogP contribution is -2.25. The number of aryl methyl sites for hydroxylation is 1. The first-order valence-electron chi connectivity index (χ1n) is 11.2. The molecule has 0 atom stereocenters. The van der Waals surface area contributed by atoms with Crippen LogP contribution in [0, 0.1) is 0 Å². The molecule has 1 heterocycles. The average molecular weight is 486 g/mol. The molecule has 1 amide bonds. The van der Waals surface area contributed by atoms with Crippen LogP contribution in [-0.2, 0) is 11.2 Å². The Kier molecular flexibility index (Phi) is 7.17. The number of carboxylic acids is 1. The maximum Gasteiger partial charge on any atom is 0.335 e. The van der Waals surface area contributed by atoms with E-state index in [9.17, 15) is 24.6 Å². The fraction of sp³-hybridized carbons (Fsp3) is 0.192. The molecular formula is C26H22N4O6. The third-order valence-corrected chi connectivity index (χ3v) is 5.75. The number of aromatic hydroxyl groups is 1. The maximum atomic E-state index is 12.2. The highest BCUT2D eigenvalue weighted by Gasteiger charge is 2.20. The van der Waals surface area contributed by atoms with Crippen LogP contribution in [0.15, 0.2) is 68.9 Å². The van der Waals surface area contributed by atoms with Crippen LogP contribution in [0.4, 0.5) is 0 Å². The highest BCUT2D eigenvalue weighted by molar-refractivity contribution is 6.03. The summed E-state index contributed by atoms with van der Waals surface area (Å²) in [5.41, 5.74) is 11.1. The molecule has 1 aliphatic heterocycles. The number of nitrogens with zero attached hydrogens (tertiary/aromatic N) is 3. The quantitative estimate of drug-likeness (QED) is 0.102. The molecule has 4 rings (SSSR count). The lowest BCUT2D eigenvalue weighted by atomic mass is 9.92. The van der Waals surface area contributed by atoms with Crippen LogP contribution in [0.1, 0.15) is 28.8 Å². The van der Waals surface area contributed by atoms with Crippen molar-refractivity contribution in [1.29, 1.82) is 0 Å². The molecule has 0 unspecified atom stereocenters. The monoisotopic (exact) mass is 486 g/mol. The van der Waals surface area contributed by atoms with Crippen LogP contribution in [0.25, 0.3) is 43.9 Å². The van der Waals surface area contributed by atoms with Crippen molar-refractivity contribution in [2.24, 2.45) is 5.11 Å². The van der Waals surface area contributed by atoms with Crippen LogP contribution in [0.3, 0.4) is 0 Å². The summed E-state index contributed by atoms with van der Waals surface area (Å²) >= 11 is 0. The average Bonchev–Trinajstić information content (AvgIpc) is 2.86. The Bertz CT molecular complexity index is 1520. The minimum Gasteiger partial charge on any atom is -0.508 e. The van der Waals surface area contributed by atoms with E-state index in [1.54, 1.807) is 24.3 Å². The van der Waals surface area contributed by atoms with Crippen molar-refractivity contribution in [3.05, 3.63) is 86.4 Å². The SMILES string of the molecule is [N-]=[N+]=NCCCNC(=O)CCc1cc2c(-c3ccc(C(=O)O)cc3)c3ccc(=O)cc-3oc2cc1O. The molecule has 0 saturated heterocycles. The zero-order valence-electron chi connectivity index (χ0n) is 19.1. The number of fused-ring (bicyclic) bond motifs is 2. The van der Waals surface area contributed by atoms with Crippen molar-refractivity contribution in [3.8, 4) is 28.2 Å². The van der Waals surface area contributed by atoms with Gasteiger partial charge in [-0.2, -0.15) is 0 Å². The largest absolute Gasteiger partial charge is 0.508 e. The number of azide groups is 1. The van der Waals surface area contributed by atoms with Gasteiger partial charge in [-0.25, -0.2) is 4.79 Å². The van der Waals surface area contributed by atoms with E-state index < -0.39 is 5.97 Å². The first-order valence-corrected chi connectivity index (χ1v) is 11.2. The number of aromatic carboxylic acids is 1. The van der Waals surface area contributed by atoms with Crippen molar-refractivity contribution in [2.45, 2.75) is 19.3 Å². The van der Waals surface area contributed by atoms with Crippen molar-refractivity contribution >= 4 is 22.8 Å². The number of hydrogen-bond donors (Lipinski definition) is 3. The lowest BCUT2D eigenvalue weighted by Gasteiger charge is -2.17. The van der Waals surface area contributed by atoms with Crippen molar-refractivity contribution in [2.75, 3.05) is 13.1 Å². The van der Waals surface area contributed by atoms with Crippen LogP contribution >= 0.6 is 0 Å². The zero-order chi connectivity index (χ0) is 25.7. The first kappa shape index (κ1) is 24.3. The van der Waals surface area contributed by atoms with Gasteiger partial charge in [0.1, 0.15) is 17.1 Å². The Morgan fingerprint density at radius 3 is 2.58 bits per heavy atom. The predicted molar refractivity (Wildman–Crippen MR) is 133 cm³/mol. The van der Waals surface area contributed by atoms with Crippen molar-refractivity contribution < 1.29 is 24.2 Å². The van der Waals surface area contributed by atoms with Gasteiger partial charge in [-0.1, -0.05) is 17.2 Å². The Balaban J connectivity index is 1.72. The molecule has 1 aliphatic carbocycles. The van der Waals surface area contributed by atoms with Crippen LogP contribution in [-0.4, -0.2) is 35.2 Å². The molecule has 10 nitrogen and oxygen atoms in total. The summed E-state index contributed by atoms with van der Waals surface area (Å²) in [5, 5.41) is 26.7. The molecule has 0 spiro atoms. The van der Waals surface area contributed by atoms with Gasteiger partial charge in [-0.3, -0.25) is 9.59 Å². The fourth-order valence-electron chi connectivity index (χ4n) is 4.00. The van der Waals surface area contributed by atoms with E-state index in [0.717, 1.165) is 0 Å². The smallest absolute Gasteiger partial charge is 0.335 e. The summed E-state index contributed by atoms with van der Waals surface area (Å²) < 4.78 is 5.93. The molecule has 0 saturated carbocycles. The van der Waals surface area contributed by atoms with E-state index >= 15 is 0 Å². The van der Waals surface area contributed by atoms with E-state index in [-0.39, 0.29) is 35.5 Å². The molecule has 0 bridgehead atoms. The van der Waals surface area contributed by atoms with E-state index in [1.165, 1.54) is 30.3 Å². The minimum absolute atomic E-state index is 0.0489. The van der Waals surface area contributed by atoms with E-state index in [1.807, 2.05) is 0 Å². The molecule has 0 radical (unpaired) electrons. The Labute approximate surface area is 204 Å². The summed E-state index contributed by atoms with van der Waals surface area (Å²) in [6, 6.07) is 14.0. The number of phenolic OH excluding ortho intramolecular Hbond substituents is 1. The topological polar surface area (TPSA) is 166 Å². The van der Waals surface area contributed by atoms with Gasteiger partial charge >= 0.3 is 5.97 Å². The Hall–Kier alpha value is -4.82. The Morgan fingerprint density at radius 2 is 1.86 bits per heavy atom. The molecule has 0 aromatic heterocycles. The second-order valence-electron chi connectivity index (χ2n) is 8.15. The molecular weight excluding hydrogens is 464 g/mol. The van der Waals surface area contributed by atoms with E-state index in [0.29, 0.717) is 58.5 Å². The normalized spacial score (nSPS) is 10.8. The van der Waals surface area contributed by atoms with Gasteiger partial charge in [0.15, 0.2) is 5.43 Å². The number of carbonyl (C=O) groups excluding carboxylic acids is 1. The second kappa shape index (κ2) is 10.6. The zero-order valence-corrected chi connectivity index (χ0v) is 19.1. The summed E-state index contributed by atoms with van der Waals surface area (Å²) in [7, 11) is 0. The molecule has 2 aromatic carbocycles. The summed E-state index contributed by atoms with van der Waals surface area (Å²) in [6.45, 7) is 0.675. The first-order chi connectivity index (χ1) is 17.4. The third kappa shape index (κ3) is 5.29. The molecule has 0 fully saturated rings. The van der Waals surface area contributed by atoms with Gasteiger partial charge in [0, 0.05) is 53.1 Å². The van der Waals surface area contributed by atoms with E-state index in [2.05, 4.69) is 15.3 Å². The number of hydrogen-bond acceptors (Lipinski definition) is 6. The minimum atomic E-state index is -1.04. The summed E-state index contributed by atoms with van der Waals surface area (Å²) in [6.07, 6.45) is 0.924. The van der Waals surface area contributed by atoms with Crippen LogP contribution in [0.2, 0.25) is 0 Å². The fourth-order valence-corrected chi connectivity index (χ4v) is 4.00. The molecule has 10 heteroatoms. The van der Waals surface area contributed by atoms with Gasteiger partial charge in [-0.15, -0.1) is 0 Å². The summed E-state index contributed by atoms with van der Waals surface area (Å²) in [5.74, 6) is -0.962. The molecule has 2 aliphatic rings. The van der Waals surface area contributed by atoms with Gasteiger partial charge < -0.3 is 19.9 Å². The molecule has 36 heavy (non-hydrogen) atoms. The van der Waals surface area contributed by atoms with Gasteiger partial charge in [0.25, 0.3) is 0 Å². The number of carbonyl (C=O) groups is 2. The van der Waals surface area contributed by atoms with Crippen molar-refractivity contribution in [1.82, 2.24) is 5.32 Å². The number of rotatable bonds is 9.